The maximum absolute atomic E-state index is 5.49. The number of ether oxygens (including phenoxy) is 1. The zero-order chi connectivity index (χ0) is 13.0. The van der Waals surface area contributed by atoms with E-state index in [2.05, 4.69) is 31.0 Å². The molecule has 2 fully saturated rings. The van der Waals surface area contributed by atoms with Crippen molar-refractivity contribution in [2.45, 2.75) is 58.0 Å². The molecule has 1 heterocycles. The summed E-state index contributed by atoms with van der Waals surface area (Å²) in [5.74, 6) is 0.884. The van der Waals surface area contributed by atoms with E-state index in [1.165, 1.54) is 25.7 Å². The predicted molar refractivity (Wildman–Crippen MR) is 75.9 cm³/mol. The van der Waals surface area contributed by atoms with Crippen molar-refractivity contribution in [2.75, 3.05) is 32.8 Å². The average Bonchev–Trinajstić information content (AvgIpc) is 2.33. The molecule has 1 aliphatic carbocycles. The van der Waals surface area contributed by atoms with Gasteiger partial charge in [0.15, 0.2) is 0 Å². The molecular formula is C15H30N2O. The molecule has 3 heteroatoms. The van der Waals surface area contributed by atoms with Gasteiger partial charge in [-0.25, -0.2) is 0 Å². The van der Waals surface area contributed by atoms with E-state index < -0.39 is 0 Å². The summed E-state index contributed by atoms with van der Waals surface area (Å²) in [6.07, 6.45) is 5.47. The van der Waals surface area contributed by atoms with E-state index >= 15 is 0 Å². The third-order valence-electron chi connectivity index (χ3n) is 4.82. The lowest BCUT2D eigenvalue weighted by Gasteiger charge is -2.50. The van der Waals surface area contributed by atoms with E-state index in [0.717, 1.165) is 38.8 Å². The lowest BCUT2D eigenvalue weighted by Crippen LogP contribution is -2.63. The van der Waals surface area contributed by atoms with E-state index in [9.17, 15) is 0 Å². The van der Waals surface area contributed by atoms with Crippen molar-refractivity contribution in [3.63, 3.8) is 0 Å². The van der Waals surface area contributed by atoms with Crippen LogP contribution in [-0.2, 0) is 4.74 Å². The van der Waals surface area contributed by atoms with Crippen LogP contribution in [0.3, 0.4) is 0 Å². The van der Waals surface area contributed by atoms with Gasteiger partial charge >= 0.3 is 0 Å². The number of nitrogens with zero attached hydrogens (tertiary/aromatic N) is 1. The van der Waals surface area contributed by atoms with E-state index in [-0.39, 0.29) is 5.54 Å². The fourth-order valence-electron chi connectivity index (χ4n) is 3.40. The van der Waals surface area contributed by atoms with Crippen molar-refractivity contribution in [2.24, 2.45) is 5.92 Å². The quantitative estimate of drug-likeness (QED) is 0.787. The van der Waals surface area contributed by atoms with Gasteiger partial charge in [0.1, 0.15) is 0 Å². The molecule has 1 N–H and O–H groups in total. The molecule has 106 valence electrons. The minimum atomic E-state index is 0.254. The van der Waals surface area contributed by atoms with Crippen LogP contribution in [0.2, 0.25) is 0 Å². The Morgan fingerprint density at radius 2 is 1.94 bits per heavy atom. The topological polar surface area (TPSA) is 24.5 Å². The Balaban J connectivity index is 2.00. The molecular weight excluding hydrogens is 224 g/mol. The molecule has 3 nitrogen and oxygen atoms in total. The first kappa shape index (κ1) is 14.3. The third-order valence-corrected chi connectivity index (χ3v) is 4.82. The van der Waals surface area contributed by atoms with Crippen LogP contribution >= 0.6 is 0 Å². The Kier molecular flexibility index (Phi) is 5.05. The smallest absolute Gasteiger partial charge is 0.0594 e. The first-order valence-electron chi connectivity index (χ1n) is 7.72. The molecule has 0 bridgehead atoms. The summed E-state index contributed by atoms with van der Waals surface area (Å²) in [5, 5.41) is 3.83. The monoisotopic (exact) mass is 254 g/mol. The second kappa shape index (κ2) is 6.36. The summed E-state index contributed by atoms with van der Waals surface area (Å²) in [6, 6.07) is 0.643. The molecule has 2 aliphatic rings. The van der Waals surface area contributed by atoms with E-state index in [0.29, 0.717) is 6.04 Å². The summed E-state index contributed by atoms with van der Waals surface area (Å²) in [5.41, 5.74) is 0.254. The van der Waals surface area contributed by atoms with Crippen LogP contribution in [0, 0.1) is 5.92 Å². The lowest BCUT2D eigenvalue weighted by atomic mass is 9.72. The molecule has 0 aromatic heterocycles. The summed E-state index contributed by atoms with van der Waals surface area (Å²) in [7, 11) is 0. The minimum absolute atomic E-state index is 0.254. The van der Waals surface area contributed by atoms with Crippen LogP contribution in [-0.4, -0.2) is 49.3 Å². The first-order valence-corrected chi connectivity index (χ1v) is 7.72. The van der Waals surface area contributed by atoms with Crippen LogP contribution < -0.4 is 5.32 Å². The summed E-state index contributed by atoms with van der Waals surface area (Å²) < 4.78 is 5.49. The SMILES string of the molecule is CCCNC(C1CCC1)C(C)(C)N1CCOCC1. The Bertz CT molecular complexity index is 245. The number of nitrogens with one attached hydrogen (secondary N) is 1. The average molecular weight is 254 g/mol. The van der Waals surface area contributed by atoms with Gasteiger partial charge in [-0.15, -0.1) is 0 Å². The molecule has 0 aromatic carbocycles. The highest BCUT2D eigenvalue weighted by Crippen LogP contribution is 2.36. The largest absolute Gasteiger partial charge is 0.379 e. The van der Waals surface area contributed by atoms with Gasteiger partial charge in [0.2, 0.25) is 0 Å². The number of hydrogen-bond donors (Lipinski definition) is 1. The molecule has 1 aliphatic heterocycles. The number of rotatable bonds is 6. The van der Waals surface area contributed by atoms with Crippen LogP contribution in [0.15, 0.2) is 0 Å². The molecule has 0 spiro atoms. The molecule has 2 rings (SSSR count). The molecule has 0 radical (unpaired) electrons. The van der Waals surface area contributed by atoms with Crippen molar-refractivity contribution in [3.8, 4) is 0 Å². The fraction of sp³-hybridized carbons (Fsp3) is 1.00. The zero-order valence-corrected chi connectivity index (χ0v) is 12.4. The first-order chi connectivity index (χ1) is 8.66. The molecule has 1 unspecified atom stereocenters. The van der Waals surface area contributed by atoms with Crippen LogP contribution in [0.4, 0.5) is 0 Å². The molecule has 0 amide bonds. The Labute approximate surface area is 112 Å². The highest BCUT2D eigenvalue weighted by Gasteiger charge is 2.41. The van der Waals surface area contributed by atoms with E-state index in [1.54, 1.807) is 0 Å². The predicted octanol–water partition coefficient (Wildman–Crippen LogP) is 2.27. The van der Waals surface area contributed by atoms with Crippen molar-refractivity contribution in [1.82, 2.24) is 10.2 Å². The molecule has 1 saturated heterocycles. The summed E-state index contributed by atoms with van der Waals surface area (Å²) in [6.45, 7) is 12.2. The Morgan fingerprint density at radius 3 is 2.44 bits per heavy atom. The Hall–Kier alpha value is -0.120. The van der Waals surface area contributed by atoms with Gasteiger partial charge in [-0.1, -0.05) is 13.3 Å². The third kappa shape index (κ3) is 3.06. The van der Waals surface area contributed by atoms with Crippen molar-refractivity contribution >= 4 is 0 Å². The van der Waals surface area contributed by atoms with E-state index in [1.807, 2.05) is 0 Å². The van der Waals surface area contributed by atoms with Gasteiger partial charge in [0.05, 0.1) is 13.2 Å². The van der Waals surface area contributed by atoms with Gasteiger partial charge in [-0.05, 0) is 45.6 Å². The maximum Gasteiger partial charge on any atom is 0.0594 e. The maximum atomic E-state index is 5.49. The Morgan fingerprint density at radius 1 is 1.28 bits per heavy atom. The van der Waals surface area contributed by atoms with Crippen LogP contribution in [0.25, 0.3) is 0 Å². The van der Waals surface area contributed by atoms with Gasteiger partial charge in [0.25, 0.3) is 0 Å². The van der Waals surface area contributed by atoms with Crippen molar-refractivity contribution < 1.29 is 4.74 Å². The van der Waals surface area contributed by atoms with Gasteiger partial charge in [0, 0.05) is 24.7 Å². The fourth-order valence-corrected chi connectivity index (χ4v) is 3.40. The number of hydrogen-bond acceptors (Lipinski definition) is 3. The minimum Gasteiger partial charge on any atom is -0.379 e. The number of morpholine rings is 1. The van der Waals surface area contributed by atoms with Crippen LogP contribution in [0.1, 0.15) is 46.5 Å². The van der Waals surface area contributed by atoms with Crippen molar-refractivity contribution in [1.29, 1.82) is 0 Å². The van der Waals surface area contributed by atoms with Gasteiger partial charge in [-0.3, -0.25) is 4.90 Å². The van der Waals surface area contributed by atoms with Crippen LogP contribution in [0.5, 0.6) is 0 Å². The lowest BCUT2D eigenvalue weighted by molar-refractivity contribution is -0.0380. The molecule has 1 atom stereocenters. The van der Waals surface area contributed by atoms with E-state index in [4.69, 9.17) is 4.74 Å². The highest BCUT2D eigenvalue weighted by molar-refractivity contribution is 4.99. The second-order valence-electron chi connectivity index (χ2n) is 6.38. The molecule has 1 saturated carbocycles. The summed E-state index contributed by atoms with van der Waals surface area (Å²) >= 11 is 0. The summed E-state index contributed by atoms with van der Waals surface area (Å²) in [4.78, 5) is 2.63. The highest BCUT2D eigenvalue weighted by atomic mass is 16.5. The van der Waals surface area contributed by atoms with Gasteiger partial charge < -0.3 is 10.1 Å². The van der Waals surface area contributed by atoms with Crippen molar-refractivity contribution in [3.05, 3.63) is 0 Å². The second-order valence-corrected chi connectivity index (χ2v) is 6.38. The molecule has 0 aromatic rings. The molecule has 18 heavy (non-hydrogen) atoms. The van der Waals surface area contributed by atoms with Gasteiger partial charge in [-0.2, -0.15) is 0 Å². The normalized spacial score (nSPS) is 24.8. The standard InChI is InChI=1S/C15H30N2O/c1-4-8-16-14(13-6-5-7-13)15(2,3)17-9-11-18-12-10-17/h13-14,16H,4-12H2,1-3H3. The zero-order valence-electron chi connectivity index (χ0n) is 12.4.